The minimum Gasteiger partial charge on any atom is -0.417 e. The molecule has 0 unspecified atom stereocenters. The van der Waals surface area contributed by atoms with Gasteiger partial charge in [-0.15, -0.1) is 0 Å². The van der Waals surface area contributed by atoms with Crippen LogP contribution in [0, 0.1) is 0 Å². The fourth-order valence-electron chi connectivity index (χ4n) is 1.85. The number of oxazole rings is 1. The summed E-state index contributed by atoms with van der Waals surface area (Å²) >= 11 is 0. The Morgan fingerprint density at radius 2 is 1.65 bits per heavy atom. The molecule has 3 aromatic rings. The lowest BCUT2D eigenvalue weighted by Crippen LogP contribution is -1.86. The lowest BCUT2D eigenvalue weighted by Gasteiger charge is -2.03. The molecule has 0 saturated heterocycles. The zero-order valence-electron chi connectivity index (χ0n) is 10.7. The molecule has 1 N–H and O–H groups in total. The van der Waals surface area contributed by atoms with Crippen LogP contribution in [0.1, 0.15) is 5.69 Å². The van der Waals surface area contributed by atoms with Crippen LogP contribution in [0.5, 0.6) is 11.8 Å². The van der Waals surface area contributed by atoms with E-state index in [2.05, 4.69) is 17.1 Å². The Labute approximate surface area is 116 Å². The van der Waals surface area contributed by atoms with Crippen LogP contribution in [-0.4, -0.2) is 10.1 Å². The van der Waals surface area contributed by atoms with Gasteiger partial charge < -0.3 is 14.3 Å². The molecule has 1 heterocycles. The Hall–Kier alpha value is -2.59. The van der Waals surface area contributed by atoms with Crippen molar-refractivity contribution in [2.45, 2.75) is 6.61 Å². The Morgan fingerprint density at radius 3 is 2.30 bits per heavy atom. The van der Waals surface area contributed by atoms with E-state index < -0.39 is 0 Å². The second-order valence-corrected chi connectivity index (χ2v) is 4.26. The third-order valence-electron chi connectivity index (χ3n) is 2.86. The maximum absolute atomic E-state index is 8.90. The van der Waals surface area contributed by atoms with Crippen LogP contribution in [0.2, 0.25) is 0 Å². The smallest absolute Gasteiger partial charge is 0.399 e. The topological polar surface area (TPSA) is 55.5 Å². The average Bonchev–Trinajstić information content (AvgIpc) is 2.97. The van der Waals surface area contributed by atoms with Crippen molar-refractivity contribution in [1.82, 2.24) is 4.98 Å². The van der Waals surface area contributed by atoms with Crippen molar-refractivity contribution in [1.29, 1.82) is 0 Å². The van der Waals surface area contributed by atoms with Gasteiger partial charge in [-0.05, 0) is 23.3 Å². The van der Waals surface area contributed by atoms with Crippen molar-refractivity contribution in [2.75, 3.05) is 0 Å². The maximum Gasteiger partial charge on any atom is 0.399 e. The molecule has 0 radical (unpaired) electrons. The van der Waals surface area contributed by atoms with Crippen LogP contribution in [0.4, 0.5) is 0 Å². The molecule has 0 atom stereocenters. The molecule has 0 bridgehead atoms. The highest BCUT2D eigenvalue weighted by Crippen LogP contribution is 2.25. The molecule has 4 heteroatoms. The van der Waals surface area contributed by atoms with Crippen molar-refractivity contribution in [3.63, 3.8) is 0 Å². The minimum absolute atomic E-state index is 0.126. The first-order valence-electron chi connectivity index (χ1n) is 6.24. The number of hydrogen-bond donors (Lipinski definition) is 1. The lowest BCUT2D eigenvalue weighted by atomic mass is 10.1. The summed E-state index contributed by atoms with van der Waals surface area (Å²) in [6.07, 6.45) is 1.50. The molecule has 2 aromatic carbocycles. The zero-order valence-corrected chi connectivity index (χ0v) is 10.7. The summed E-state index contributed by atoms with van der Waals surface area (Å²) in [5.74, 6) is 0.635. The SMILES string of the molecule is OCc1coc(Oc2ccc(-c3ccccc3)cc2)n1. The fourth-order valence-corrected chi connectivity index (χ4v) is 1.85. The summed E-state index contributed by atoms with van der Waals surface area (Å²) in [4.78, 5) is 3.97. The van der Waals surface area contributed by atoms with E-state index in [1.807, 2.05) is 42.5 Å². The first-order chi connectivity index (χ1) is 9.85. The largest absolute Gasteiger partial charge is 0.417 e. The van der Waals surface area contributed by atoms with Crippen LogP contribution in [0.25, 0.3) is 11.1 Å². The number of aromatic nitrogens is 1. The Morgan fingerprint density at radius 1 is 0.950 bits per heavy atom. The maximum atomic E-state index is 8.90. The van der Waals surface area contributed by atoms with Gasteiger partial charge in [-0.1, -0.05) is 42.5 Å². The predicted octanol–water partition coefficient (Wildman–Crippen LogP) is 3.63. The third kappa shape index (κ3) is 2.70. The van der Waals surface area contributed by atoms with Gasteiger partial charge in [0.1, 0.15) is 17.7 Å². The van der Waals surface area contributed by atoms with E-state index in [1.54, 1.807) is 0 Å². The Balaban J connectivity index is 1.76. The standard InChI is InChI=1S/C16H13NO3/c18-10-14-11-19-16(17-14)20-15-8-6-13(7-9-15)12-4-2-1-3-5-12/h1-9,11,18H,10H2. The van der Waals surface area contributed by atoms with E-state index in [-0.39, 0.29) is 12.7 Å². The monoisotopic (exact) mass is 267 g/mol. The average molecular weight is 267 g/mol. The van der Waals surface area contributed by atoms with Crippen molar-refractivity contribution in [3.05, 3.63) is 66.6 Å². The van der Waals surface area contributed by atoms with Gasteiger partial charge in [0.05, 0.1) is 6.61 Å². The molecular weight excluding hydrogens is 254 g/mol. The number of aliphatic hydroxyl groups excluding tert-OH is 1. The van der Waals surface area contributed by atoms with Crippen molar-refractivity contribution in [3.8, 4) is 23.0 Å². The van der Waals surface area contributed by atoms with E-state index in [4.69, 9.17) is 14.3 Å². The molecule has 4 nitrogen and oxygen atoms in total. The summed E-state index contributed by atoms with van der Waals surface area (Å²) in [6.45, 7) is -0.167. The molecule has 100 valence electrons. The van der Waals surface area contributed by atoms with Gasteiger partial charge >= 0.3 is 6.08 Å². The number of ether oxygens (including phenoxy) is 1. The van der Waals surface area contributed by atoms with Gasteiger partial charge in [-0.25, -0.2) is 0 Å². The molecule has 0 aliphatic carbocycles. The summed E-state index contributed by atoms with van der Waals surface area (Å²) in [7, 11) is 0. The highest BCUT2D eigenvalue weighted by Gasteiger charge is 2.05. The van der Waals surface area contributed by atoms with Gasteiger partial charge in [0.2, 0.25) is 0 Å². The summed E-state index contributed by atoms with van der Waals surface area (Å²) in [6, 6.07) is 17.8. The van der Waals surface area contributed by atoms with E-state index >= 15 is 0 Å². The van der Waals surface area contributed by atoms with Gasteiger partial charge in [-0.3, -0.25) is 0 Å². The molecule has 3 rings (SSSR count). The van der Waals surface area contributed by atoms with Crippen LogP contribution in [0.3, 0.4) is 0 Å². The molecule has 0 aliphatic heterocycles. The van der Waals surface area contributed by atoms with E-state index in [0.29, 0.717) is 11.4 Å². The van der Waals surface area contributed by atoms with Crippen LogP contribution in [0.15, 0.2) is 65.3 Å². The van der Waals surface area contributed by atoms with Crippen LogP contribution >= 0.6 is 0 Å². The second kappa shape index (κ2) is 5.59. The molecule has 0 aliphatic rings. The van der Waals surface area contributed by atoms with Gasteiger partial charge in [-0.2, -0.15) is 4.98 Å². The quantitative estimate of drug-likeness (QED) is 0.784. The Kier molecular flexibility index (Phi) is 3.48. The number of hydrogen-bond acceptors (Lipinski definition) is 4. The molecule has 0 saturated carbocycles. The van der Waals surface area contributed by atoms with Gasteiger partial charge in [0.15, 0.2) is 0 Å². The molecule has 0 spiro atoms. The first kappa shape index (κ1) is 12.4. The fraction of sp³-hybridized carbons (Fsp3) is 0.0625. The summed E-state index contributed by atoms with van der Waals surface area (Å²) in [5, 5.41) is 8.90. The number of benzene rings is 2. The normalized spacial score (nSPS) is 10.4. The number of nitrogens with zero attached hydrogens (tertiary/aromatic N) is 1. The molecule has 0 fully saturated rings. The molecular formula is C16H13NO3. The van der Waals surface area contributed by atoms with Crippen molar-refractivity contribution in [2.24, 2.45) is 0 Å². The second-order valence-electron chi connectivity index (χ2n) is 4.26. The highest BCUT2D eigenvalue weighted by molar-refractivity contribution is 5.63. The Bertz CT molecular complexity index is 674. The number of aliphatic hydroxyl groups is 1. The zero-order chi connectivity index (χ0) is 13.8. The highest BCUT2D eigenvalue weighted by atomic mass is 16.6. The van der Waals surface area contributed by atoms with Crippen molar-refractivity contribution < 1.29 is 14.3 Å². The van der Waals surface area contributed by atoms with E-state index in [1.165, 1.54) is 6.26 Å². The van der Waals surface area contributed by atoms with E-state index in [0.717, 1.165) is 11.1 Å². The third-order valence-corrected chi connectivity index (χ3v) is 2.86. The predicted molar refractivity (Wildman–Crippen MR) is 74.4 cm³/mol. The van der Waals surface area contributed by atoms with E-state index in [9.17, 15) is 0 Å². The van der Waals surface area contributed by atoms with Crippen molar-refractivity contribution >= 4 is 0 Å². The van der Waals surface area contributed by atoms with Gasteiger partial charge in [0, 0.05) is 0 Å². The van der Waals surface area contributed by atoms with Crippen LogP contribution in [-0.2, 0) is 6.61 Å². The molecule has 0 amide bonds. The summed E-state index contributed by atoms with van der Waals surface area (Å²) in [5.41, 5.74) is 2.71. The first-order valence-corrected chi connectivity index (χ1v) is 6.24. The van der Waals surface area contributed by atoms with Crippen LogP contribution < -0.4 is 4.74 Å². The molecule has 20 heavy (non-hydrogen) atoms. The van der Waals surface area contributed by atoms with Gasteiger partial charge in [0.25, 0.3) is 0 Å². The number of rotatable bonds is 4. The summed E-state index contributed by atoms with van der Waals surface area (Å²) < 4.78 is 10.5. The minimum atomic E-state index is -0.167. The molecule has 1 aromatic heterocycles. The lowest BCUT2D eigenvalue weighted by molar-refractivity contribution is 0.276.